The molecule has 2 aromatic rings. The van der Waals surface area contributed by atoms with Crippen molar-refractivity contribution in [3.05, 3.63) is 56.8 Å². The third-order valence-electron chi connectivity index (χ3n) is 3.02. The molecule has 0 aliphatic rings. The topological polar surface area (TPSA) is 29.1 Å². The van der Waals surface area contributed by atoms with Gasteiger partial charge in [-0.15, -0.1) is 11.8 Å². The maximum atomic E-state index is 13.1. The van der Waals surface area contributed by atoms with Gasteiger partial charge in [-0.25, -0.2) is 4.39 Å². The average Bonchev–Trinajstić information content (AvgIpc) is 2.45. The highest BCUT2D eigenvalue weighted by atomic mass is 79.9. The highest BCUT2D eigenvalue weighted by Gasteiger charge is 2.08. The van der Waals surface area contributed by atoms with E-state index in [0.717, 1.165) is 20.5 Å². The molecule has 0 aliphatic heterocycles. The van der Waals surface area contributed by atoms with E-state index in [0.29, 0.717) is 5.69 Å². The standard InChI is InChI=1S/C16H14BrClFNOS/c1-9-6-15(10(2)5-12(9)17)22-8-16(21)20-11-3-4-14(19)13(18)7-11/h3-7H,8H2,1-2H3,(H,20,21). The van der Waals surface area contributed by atoms with Gasteiger partial charge in [-0.2, -0.15) is 0 Å². The molecule has 0 atom stereocenters. The number of rotatable bonds is 4. The van der Waals surface area contributed by atoms with Crippen molar-refractivity contribution in [2.75, 3.05) is 11.1 Å². The van der Waals surface area contributed by atoms with Crippen LogP contribution in [0.15, 0.2) is 39.7 Å². The summed E-state index contributed by atoms with van der Waals surface area (Å²) in [6.45, 7) is 4.01. The molecule has 6 heteroatoms. The molecular formula is C16H14BrClFNOS. The van der Waals surface area contributed by atoms with Gasteiger partial charge < -0.3 is 5.32 Å². The molecule has 1 amide bonds. The second-order valence-corrected chi connectivity index (χ2v) is 7.11. The Kier molecular flexibility index (Phi) is 5.89. The summed E-state index contributed by atoms with van der Waals surface area (Å²) in [5, 5.41) is 2.70. The van der Waals surface area contributed by atoms with Crippen LogP contribution in [0.5, 0.6) is 0 Å². The van der Waals surface area contributed by atoms with E-state index in [9.17, 15) is 9.18 Å². The Morgan fingerprint density at radius 3 is 2.68 bits per heavy atom. The molecule has 0 radical (unpaired) electrons. The van der Waals surface area contributed by atoms with Crippen LogP contribution in [0.3, 0.4) is 0 Å². The van der Waals surface area contributed by atoms with Crippen molar-refractivity contribution in [2.45, 2.75) is 18.7 Å². The van der Waals surface area contributed by atoms with E-state index in [1.165, 1.54) is 30.0 Å². The molecule has 2 aromatic carbocycles. The van der Waals surface area contributed by atoms with Gasteiger partial charge in [-0.1, -0.05) is 27.5 Å². The summed E-state index contributed by atoms with van der Waals surface area (Å²) >= 11 is 10.6. The highest BCUT2D eigenvalue weighted by molar-refractivity contribution is 9.10. The van der Waals surface area contributed by atoms with Gasteiger partial charge in [0.1, 0.15) is 5.82 Å². The highest BCUT2D eigenvalue weighted by Crippen LogP contribution is 2.28. The Balaban J connectivity index is 1.98. The first kappa shape index (κ1) is 17.3. The lowest BCUT2D eigenvalue weighted by Gasteiger charge is -2.09. The van der Waals surface area contributed by atoms with Crippen molar-refractivity contribution in [1.82, 2.24) is 0 Å². The number of benzene rings is 2. The number of carbonyl (C=O) groups is 1. The van der Waals surface area contributed by atoms with E-state index in [2.05, 4.69) is 21.2 Å². The van der Waals surface area contributed by atoms with Gasteiger partial charge in [-0.05, 0) is 55.3 Å². The molecule has 0 bridgehead atoms. The second kappa shape index (κ2) is 7.49. The Bertz CT molecular complexity index is 724. The minimum absolute atomic E-state index is 0.00941. The molecule has 0 spiro atoms. The van der Waals surface area contributed by atoms with Crippen molar-refractivity contribution >= 4 is 50.9 Å². The van der Waals surface area contributed by atoms with E-state index in [1.54, 1.807) is 0 Å². The van der Waals surface area contributed by atoms with E-state index < -0.39 is 5.82 Å². The molecular weight excluding hydrogens is 389 g/mol. The van der Waals surface area contributed by atoms with Crippen LogP contribution in [0.4, 0.5) is 10.1 Å². The maximum absolute atomic E-state index is 13.1. The summed E-state index contributed by atoms with van der Waals surface area (Å²) < 4.78 is 14.1. The van der Waals surface area contributed by atoms with Crippen LogP contribution >= 0.6 is 39.3 Å². The molecule has 0 unspecified atom stereocenters. The van der Waals surface area contributed by atoms with Crippen molar-refractivity contribution in [3.8, 4) is 0 Å². The second-order valence-electron chi connectivity index (χ2n) is 4.83. The van der Waals surface area contributed by atoms with E-state index in [1.807, 2.05) is 26.0 Å². The number of anilines is 1. The van der Waals surface area contributed by atoms with Crippen molar-refractivity contribution in [2.24, 2.45) is 0 Å². The van der Waals surface area contributed by atoms with Crippen LogP contribution in [0.2, 0.25) is 5.02 Å². The van der Waals surface area contributed by atoms with Crippen LogP contribution in [-0.4, -0.2) is 11.7 Å². The molecule has 2 nitrogen and oxygen atoms in total. The molecule has 22 heavy (non-hydrogen) atoms. The number of thioether (sulfide) groups is 1. The lowest BCUT2D eigenvalue weighted by atomic mass is 10.2. The predicted octanol–water partition coefficient (Wildman–Crippen LogP) is 5.59. The van der Waals surface area contributed by atoms with Gasteiger partial charge in [0.15, 0.2) is 0 Å². The number of hydrogen-bond acceptors (Lipinski definition) is 2. The first-order valence-electron chi connectivity index (χ1n) is 6.51. The Labute approximate surface area is 146 Å². The van der Waals surface area contributed by atoms with Gasteiger partial charge in [0.2, 0.25) is 5.91 Å². The number of nitrogens with one attached hydrogen (secondary N) is 1. The van der Waals surface area contributed by atoms with E-state index in [4.69, 9.17) is 11.6 Å². The van der Waals surface area contributed by atoms with Crippen molar-refractivity contribution in [1.29, 1.82) is 0 Å². The Morgan fingerprint density at radius 1 is 1.27 bits per heavy atom. The molecule has 0 aromatic heterocycles. The summed E-state index contributed by atoms with van der Waals surface area (Å²) in [4.78, 5) is 13.0. The fourth-order valence-electron chi connectivity index (χ4n) is 1.82. The normalized spacial score (nSPS) is 10.6. The van der Waals surface area contributed by atoms with E-state index >= 15 is 0 Å². The van der Waals surface area contributed by atoms with Gasteiger partial charge >= 0.3 is 0 Å². The van der Waals surface area contributed by atoms with Crippen LogP contribution < -0.4 is 5.32 Å². The van der Waals surface area contributed by atoms with Gasteiger partial charge in [0, 0.05) is 15.1 Å². The number of halogens is 3. The van der Waals surface area contributed by atoms with Gasteiger partial charge in [0.05, 0.1) is 10.8 Å². The zero-order valence-electron chi connectivity index (χ0n) is 12.0. The van der Waals surface area contributed by atoms with Crippen LogP contribution in [0, 0.1) is 19.7 Å². The summed E-state index contributed by atoms with van der Waals surface area (Å²) in [6.07, 6.45) is 0. The molecule has 116 valence electrons. The fourth-order valence-corrected chi connectivity index (χ4v) is 3.37. The molecule has 0 saturated heterocycles. The first-order chi connectivity index (χ1) is 10.4. The summed E-state index contributed by atoms with van der Waals surface area (Å²) in [5.41, 5.74) is 2.72. The third-order valence-corrected chi connectivity index (χ3v) is 5.32. The number of carbonyl (C=O) groups excluding carboxylic acids is 1. The van der Waals surface area contributed by atoms with Crippen LogP contribution in [0.1, 0.15) is 11.1 Å². The average molecular weight is 403 g/mol. The smallest absolute Gasteiger partial charge is 0.234 e. The minimum atomic E-state index is -0.505. The summed E-state index contributed by atoms with van der Waals surface area (Å²) in [7, 11) is 0. The Morgan fingerprint density at radius 2 is 2.00 bits per heavy atom. The van der Waals surface area contributed by atoms with Gasteiger partial charge in [-0.3, -0.25) is 4.79 Å². The summed E-state index contributed by atoms with van der Waals surface area (Å²) in [5.74, 6) is -0.390. The quantitative estimate of drug-likeness (QED) is 0.675. The summed E-state index contributed by atoms with van der Waals surface area (Å²) in [6, 6.07) is 8.20. The largest absolute Gasteiger partial charge is 0.325 e. The zero-order chi connectivity index (χ0) is 16.3. The number of amides is 1. The molecule has 0 heterocycles. The molecule has 0 aliphatic carbocycles. The van der Waals surface area contributed by atoms with Crippen LogP contribution in [-0.2, 0) is 4.79 Å². The van der Waals surface area contributed by atoms with Gasteiger partial charge in [0.25, 0.3) is 0 Å². The van der Waals surface area contributed by atoms with Crippen molar-refractivity contribution in [3.63, 3.8) is 0 Å². The molecule has 2 rings (SSSR count). The van der Waals surface area contributed by atoms with Crippen molar-refractivity contribution < 1.29 is 9.18 Å². The van der Waals surface area contributed by atoms with E-state index in [-0.39, 0.29) is 16.7 Å². The Hall–Kier alpha value is -1.04. The maximum Gasteiger partial charge on any atom is 0.234 e. The molecule has 0 saturated carbocycles. The monoisotopic (exact) mass is 401 g/mol. The number of hydrogen-bond donors (Lipinski definition) is 1. The molecule has 0 fully saturated rings. The SMILES string of the molecule is Cc1cc(SCC(=O)Nc2ccc(F)c(Cl)c2)c(C)cc1Br. The fraction of sp³-hybridized carbons (Fsp3) is 0.188. The minimum Gasteiger partial charge on any atom is -0.325 e. The first-order valence-corrected chi connectivity index (χ1v) is 8.67. The third kappa shape index (κ3) is 4.48. The lowest BCUT2D eigenvalue weighted by Crippen LogP contribution is -2.14. The lowest BCUT2D eigenvalue weighted by molar-refractivity contribution is -0.113. The predicted molar refractivity (Wildman–Crippen MR) is 94.4 cm³/mol. The molecule has 1 N–H and O–H groups in total. The van der Waals surface area contributed by atoms with Crippen LogP contribution in [0.25, 0.3) is 0 Å². The zero-order valence-corrected chi connectivity index (χ0v) is 15.2. The number of aryl methyl sites for hydroxylation is 2.